The van der Waals surface area contributed by atoms with Crippen LogP contribution in [0.5, 0.6) is 0 Å². The Morgan fingerprint density at radius 3 is 2.79 bits per heavy atom. The van der Waals surface area contributed by atoms with E-state index in [0.29, 0.717) is 11.4 Å². The maximum Gasteiger partial charge on any atom is 0.241 e. The van der Waals surface area contributed by atoms with E-state index in [9.17, 15) is 12.8 Å². The highest BCUT2D eigenvalue weighted by molar-refractivity contribution is 7.89. The van der Waals surface area contributed by atoms with Crippen molar-refractivity contribution in [2.24, 2.45) is 0 Å². The van der Waals surface area contributed by atoms with Crippen molar-refractivity contribution in [2.45, 2.75) is 24.8 Å². The molecule has 2 rings (SSSR count). The van der Waals surface area contributed by atoms with Gasteiger partial charge >= 0.3 is 0 Å². The van der Waals surface area contributed by atoms with Gasteiger partial charge in [0.15, 0.2) is 0 Å². The molecule has 0 amide bonds. The van der Waals surface area contributed by atoms with E-state index in [1.165, 1.54) is 18.5 Å². The molecule has 1 heterocycles. The van der Waals surface area contributed by atoms with Crippen LogP contribution in [-0.4, -0.2) is 23.6 Å². The number of nitrogens with one attached hydrogen (secondary N) is 2. The van der Waals surface area contributed by atoms with Crippen LogP contribution in [0.1, 0.15) is 24.4 Å². The number of halogens is 1. The summed E-state index contributed by atoms with van der Waals surface area (Å²) < 4.78 is 39.9. The zero-order chi connectivity index (χ0) is 14.0. The van der Waals surface area contributed by atoms with Gasteiger partial charge in [-0.15, -0.1) is 0 Å². The minimum Gasteiger partial charge on any atom is -0.262 e. The number of aryl methyl sites for hydroxylation is 1. The molecule has 0 bridgehead atoms. The smallest absolute Gasteiger partial charge is 0.241 e. The standard InChI is InChI=1S/C11H13FN4O2S/c1-7-3-4-9(12)5-10(7)19(17,18)16-8(2)11-13-6-14-15-11/h3-6,8,16H,1-2H3,(H,13,14,15). The number of H-pyrrole nitrogens is 1. The van der Waals surface area contributed by atoms with Crippen LogP contribution in [0.3, 0.4) is 0 Å². The molecule has 2 N–H and O–H groups in total. The molecule has 1 atom stereocenters. The van der Waals surface area contributed by atoms with Gasteiger partial charge in [-0.2, -0.15) is 5.10 Å². The molecule has 6 nitrogen and oxygen atoms in total. The van der Waals surface area contributed by atoms with Crippen LogP contribution >= 0.6 is 0 Å². The van der Waals surface area contributed by atoms with Gasteiger partial charge in [-0.1, -0.05) is 6.07 Å². The Morgan fingerprint density at radius 1 is 1.42 bits per heavy atom. The predicted molar refractivity (Wildman–Crippen MR) is 66.3 cm³/mol. The van der Waals surface area contributed by atoms with Gasteiger partial charge in [-0.05, 0) is 31.5 Å². The molecule has 2 aromatic rings. The van der Waals surface area contributed by atoms with Gasteiger partial charge in [-0.25, -0.2) is 22.5 Å². The molecule has 0 saturated carbocycles. The van der Waals surface area contributed by atoms with Crippen LogP contribution in [0.4, 0.5) is 4.39 Å². The summed E-state index contributed by atoms with van der Waals surface area (Å²) in [6.07, 6.45) is 1.29. The molecular weight excluding hydrogens is 271 g/mol. The van der Waals surface area contributed by atoms with Gasteiger partial charge in [0, 0.05) is 0 Å². The van der Waals surface area contributed by atoms with E-state index in [1.54, 1.807) is 13.8 Å². The molecule has 0 fully saturated rings. The van der Waals surface area contributed by atoms with Gasteiger partial charge in [0.2, 0.25) is 10.0 Å². The van der Waals surface area contributed by atoms with Gasteiger partial charge in [-0.3, -0.25) is 5.10 Å². The monoisotopic (exact) mass is 284 g/mol. The average Bonchev–Trinajstić information content (AvgIpc) is 2.85. The molecule has 1 aromatic heterocycles. The van der Waals surface area contributed by atoms with Crippen molar-refractivity contribution < 1.29 is 12.8 Å². The molecular formula is C11H13FN4O2S. The number of benzene rings is 1. The van der Waals surface area contributed by atoms with E-state index in [2.05, 4.69) is 19.9 Å². The normalized spacial score (nSPS) is 13.4. The van der Waals surface area contributed by atoms with Crippen LogP contribution in [-0.2, 0) is 10.0 Å². The summed E-state index contributed by atoms with van der Waals surface area (Å²) in [7, 11) is -3.82. The second-order valence-corrected chi connectivity index (χ2v) is 5.81. The number of nitrogens with zero attached hydrogens (tertiary/aromatic N) is 2. The van der Waals surface area contributed by atoms with Crippen molar-refractivity contribution in [3.63, 3.8) is 0 Å². The van der Waals surface area contributed by atoms with E-state index in [4.69, 9.17) is 0 Å². The zero-order valence-electron chi connectivity index (χ0n) is 10.4. The number of hydrogen-bond acceptors (Lipinski definition) is 4. The minimum atomic E-state index is -3.82. The predicted octanol–water partition coefficient (Wildman–Crippen LogP) is 1.29. The third-order valence-corrected chi connectivity index (χ3v) is 4.30. The molecule has 0 saturated heterocycles. The molecule has 8 heteroatoms. The van der Waals surface area contributed by atoms with Crippen molar-refractivity contribution in [2.75, 3.05) is 0 Å². The number of sulfonamides is 1. The molecule has 1 aromatic carbocycles. The van der Waals surface area contributed by atoms with Gasteiger partial charge in [0.1, 0.15) is 18.0 Å². The van der Waals surface area contributed by atoms with E-state index in [0.717, 1.165) is 6.07 Å². The van der Waals surface area contributed by atoms with E-state index in [-0.39, 0.29) is 4.90 Å². The van der Waals surface area contributed by atoms with Crippen LogP contribution in [0.25, 0.3) is 0 Å². The Hall–Kier alpha value is -1.80. The number of hydrogen-bond donors (Lipinski definition) is 2. The third kappa shape index (κ3) is 2.96. The van der Waals surface area contributed by atoms with Gasteiger partial charge in [0.25, 0.3) is 0 Å². The molecule has 0 aliphatic heterocycles. The molecule has 0 aliphatic rings. The summed E-state index contributed by atoms with van der Waals surface area (Å²) in [5, 5.41) is 6.22. The molecule has 0 aliphatic carbocycles. The van der Waals surface area contributed by atoms with E-state index < -0.39 is 21.9 Å². The highest BCUT2D eigenvalue weighted by atomic mass is 32.2. The Morgan fingerprint density at radius 2 is 2.16 bits per heavy atom. The molecule has 0 spiro atoms. The van der Waals surface area contributed by atoms with Crippen LogP contribution in [0.2, 0.25) is 0 Å². The van der Waals surface area contributed by atoms with Crippen LogP contribution in [0.15, 0.2) is 29.4 Å². The zero-order valence-corrected chi connectivity index (χ0v) is 11.2. The second-order valence-electron chi connectivity index (χ2n) is 4.12. The molecule has 0 radical (unpaired) electrons. The summed E-state index contributed by atoms with van der Waals surface area (Å²) in [4.78, 5) is 3.78. The first-order valence-corrected chi connectivity index (χ1v) is 7.02. The summed E-state index contributed by atoms with van der Waals surface area (Å²) in [5.74, 6) is -0.212. The number of rotatable bonds is 4. The topological polar surface area (TPSA) is 87.7 Å². The first-order valence-electron chi connectivity index (χ1n) is 5.54. The Bertz CT molecular complexity index is 670. The van der Waals surface area contributed by atoms with Crippen molar-refractivity contribution in [3.8, 4) is 0 Å². The van der Waals surface area contributed by atoms with Gasteiger partial charge < -0.3 is 0 Å². The Labute approximate surface area is 110 Å². The van der Waals surface area contributed by atoms with Crippen molar-refractivity contribution in [3.05, 3.63) is 41.7 Å². The minimum absolute atomic E-state index is 0.0844. The van der Waals surface area contributed by atoms with Crippen LogP contribution in [0, 0.1) is 12.7 Å². The maximum absolute atomic E-state index is 13.2. The fraction of sp³-hybridized carbons (Fsp3) is 0.273. The number of aromatic amines is 1. The highest BCUT2D eigenvalue weighted by Crippen LogP contribution is 2.18. The van der Waals surface area contributed by atoms with Crippen molar-refractivity contribution in [1.82, 2.24) is 19.9 Å². The van der Waals surface area contributed by atoms with Crippen molar-refractivity contribution in [1.29, 1.82) is 0 Å². The molecule has 1 unspecified atom stereocenters. The first-order chi connectivity index (χ1) is 8.90. The largest absolute Gasteiger partial charge is 0.262 e. The highest BCUT2D eigenvalue weighted by Gasteiger charge is 2.22. The lowest BCUT2D eigenvalue weighted by Crippen LogP contribution is -2.28. The van der Waals surface area contributed by atoms with Crippen molar-refractivity contribution >= 4 is 10.0 Å². The summed E-state index contributed by atoms with van der Waals surface area (Å²) in [5.41, 5.74) is 0.471. The lowest BCUT2D eigenvalue weighted by Gasteiger charge is -2.13. The quantitative estimate of drug-likeness (QED) is 0.885. The lowest BCUT2D eigenvalue weighted by molar-refractivity contribution is 0.557. The molecule has 19 heavy (non-hydrogen) atoms. The second kappa shape index (κ2) is 5.06. The summed E-state index contributed by atoms with van der Waals surface area (Å²) in [6, 6.07) is 3.04. The molecule has 102 valence electrons. The van der Waals surface area contributed by atoms with Crippen LogP contribution < -0.4 is 4.72 Å². The van der Waals surface area contributed by atoms with E-state index in [1.807, 2.05) is 0 Å². The fourth-order valence-electron chi connectivity index (χ4n) is 1.64. The SMILES string of the molecule is Cc1ccc(F)cc1S(=O)(=O)NC(C)c1ncn[nH]1. The Kier molecular flexibility index (Phi) is 3.63. The summed E-state index contributed by atoms with van der Waals surface area (Å²) >= 11 is 0. The third-order valence-electron chi connectivity index (χ3n) is 2.62. The van der Waals surface area contributed by atoms with E-state index >= 15 is 0 Å². The maximum atomic E-state index is 13.2. The Balaban J connectivity index is 2.30. The first kappa shape index (κ1) is 13.6. The number of aromatic nitrogens is 3. The fourth-order valence-corrected chi connectivity index (χ4v) is 3.10. The average molecular weight is 284 g/mol. The van der Waals surface area contributed by atoms with Gasteiger partial charge in [0.05, 0.1) is 10.9 Å². The summed E-state index contributed by atoms with van der Waals surface area (Å²) in [6.45, 7) is 3.22. The lowest BCUT2D eigenvalue weighted by atomic mass is 10.2.